The summed E-state index contributed by atoms with van der Waals surface area (Å²) in [5.74, 6) is 0. The molecule has 1 heteroatoms. The molecule has 1 rings (SSSR count). The minimum Gasteiger partial charge on any atom is -0.303 e. The molecule has 38 valence electrons. The predicted octanol–water partition coefficient (Wildman–Crippen LogP) is 1.30. The second-order valence-electron chi connectivity index (χ2n) is 1.76. The molecule has 0 spiro atoms. The fourth-order valence-corrected chi connectivity index (χ4v) is 0.491. The quantitative estimate of drug-likeness (QED) is 0.374. The monoisotopic (exact) mass is 96.1 g/mol. The molecule has 0 radical (unpaired) electrons. The first-order valence-electron chi connectivity index (χ1n) is 2.55. The van der Waals surface area contributed by atoms with E-state index in [4.69, 9.17) is 0 Å². The van der Waals surface area contributed by atoms with Gasteiger partial charge in [-0.05, 0) is 12.8 Å². The Morgan fingerprint density at radius 1 is 1.57 bits per heavy atom. The molecule has 0 bridgehead atoms. The highest BCUT2D eigenvalue weighted by molar-refractivity contribution is 5.52. The summed E-state index contributed by atoms with van der Waals surface area (Å²) in [6.07, 6.45) is 6.02. The van der Waals surface area contributed by atoms with Gasteiger partial charge >= 0.3 is 0 Å². The van der Waals surface area contributed by atoms with Crippen molar-refractivity contribution in [1.82, 2.24) is 0 Å². The van der Waals surface area contributed by atoms with Crippen LogP contribution < -0.4 is 0 Å². The number of hydrogen-bond acceptors (Lipinski definition) is 1. The van der Waals surface area contributed by atoms with Crippen molar-refractivity contribution in [2.24, 2.45) is 0 Å². The van der Waals surface area contributed by atoms with Crippen molar-refractivity contribution >= 4 is 6.29 Å². The summed E-state index contributed by atoms with van der Waals surface area (Å²) in [4.78, 5) is 9.69. The van der Waals surface area contributed by atoms with Crippen molar-refractivity contribution in [2.75, 3.05) is 0 Å². The molecule has 1 aliphatic carbocycles. The van der Waals surface area contributed by atoms with E-state index >= 15 is 0 Å². The number of rotatable bonds is 2. The first-order chi connectivity index (χ1) is 3.43. The third-order valence-electron chi connectivity index (χ3n) is 1.04. The Morgan fingerprint density at radius 2 is 2.29 bits per heavy atom. The SMILES string of the molecule is O=CCC=C1CC1. The predicted molar refractivity (Wildman–Crippen MR) is 28.0 cm³/mol. The van der Waals surface area contributed by atoms with Crippen molar-refractivity contribution in [3.8, 4) is 0 Å². The highest BCUT2D eigenvalue weighted by Crippen LogP contribution is 2.27. The van der Waals surface area contributed by atoms with Crippen LogP contribution in [0.3, 0.4) is 0 Å². The van der Waals surface area contributed by atoms with Crippen LogP contribution in [0.4, 0.5) is 0 Å². The molecule has 0 N–H and O–H groups in total. The molecule has 7 heavy (non-hydrogen) atoms. The summed E-state index contributed by atoms with van der Waals surface area (Å²) in [6.45, 7) is 0. The van der Waals surface area contributed by atoms with E-state index in [-0.39, 0.29) is 0 Å². The van der Waals surface area contributed by atoms with Gasteiger partial charge in [-0.2, -0.15) is 0 Å². The smallest absolute Gasteiger partial charge is 0.123 e. The molecule has 0 amide bonds. The Balaban J connectivity index is 2.18. The molecule has 0 aromatic rings. The zero-order valence-electron chi connectivity index (χ0n) is 4.18. The van der Waals surface area contributed by atoms with Crippen LogP contribution in [0.1, 0.15) is 19.3 Å². The van der Waals surface area contributed by atoms with Gasteiger partial charge in [0.2, 0.25) is 0 Å². The fourth-order valence-electron chi connectivity index (χ4n) is 0.491. The summed E-state index contributed by atoms with van der Waals surface area (Å²) >= 11 is 0. The molecule has 0 aromatic carbocycles. The zero-order valence-corrected chi connectivity index (χ0v) is 4.18. The Bertz CT molecular complexity index is 96.7. The second kappa shape index (κ2) is 1.92. The Morgan fingerprint density at radius 3 is 2.71 bits per heavy atom. The van der Waals surface area contributed by atoms with Gasteiger partial charge in [0.25, 0.3) is 0 Å². The van der Waals surface area contributed by atoms with Gasteiger partial charge in [0.05, 0.1) is 0 Å². The molecule has 1 aliphatic rings. The van der Waals surface area contributed by atoms with E-state index in [1.165, 1.54) is 18.4 Å². The van der Waals surface area contributed by atoms with E-state index in [1.807, 2.05) is 6.08 Å². The summed E-state index contributed by atoms with van der Waals surface area (Å²) in [7, 11) is 0. The van der Waals surface area contributed by atoms with Crippen molar-refractivity contribution in [1.29, 1.82) is 0 Å². The minimum absolute atomic E-state index is 0.620. The van der Waals surface area contributed by atoms with Gasteiger partial charge in [-0.1, -0.05) is 11.6 Å². The number of hydrogen-bond donors (Lipinski definition) is 0. The average Bonchev–Trinajstić information content (AvgIpc) is 2.42. The lowest BCUT2D eigenvalue weighted by atomic mass is 10.4. The van der Waals surface area contributed by atoms with Crippen LogP contribution in [0.15, 0.2) is 11.6 Å². The summed E-state index contributed by atoms with van der Waals surface area (Å²) in [5, 5.41) is 0. The maximum atomic E-state index is 9.69. The van der Waals surface area contributed by atoms with Crippen molar-refractivity contribution in [3.63, 3.8) is 0 Å². The van der Waals surface area contributed by atoms with Gasteiger partial charge in [0, 0.05) is 6.42 Å². The first-order valence-corrected chi connectivity index (χ1v) is 2.55. The Kier molecular flexibility index (Phi) is 1.25. The number of carbonyl (C=O) groups excluding carboxylic acids is 1. The molecule has 1 saturated carbocycles. The zero-order chi connectivity index (χ0) is 5.11. The summed E-state index contributed by atoms with van der Waals surface area (Å²) in [5.41, 5.74) is 1.45. The molecule has 0 aliphatic heterocycles. The lowest BCUT2D eigenvalue weighted by Crippen LogP contribution is -1.62. The van der Waals surface area contributed by atoms with Crippen molar-refractivity contribution in [2.45, 2.75) is 19.3 Å². The topological polar surface area (TPSA) is 17.1 Å². The van der Waals surface area contributed by atoms with Crippen LogP contribution in [0.5, 0.6) is 0 Å². The van der Waals surface area contributed by atoms with Crippen molar-refractivity contribution in [3.05, 3.63) is 11.6 Å². The molecule has 0 unspecified atom stereocenters. The highest BCUT2D eigenvalue weighted by Gasteiger charge is 2.08. The minimum atomic E-state index is 0.620. The fraction of sp³-hybridized carbons (Fsp3) is 0.500. The molecular formula is C6H8O. The third-order valence-corrected chi connectivity index (χ3v) is 1.04. The highest BCUT2D eigenvalue weighted by atomic mass is 16.1. The van der Waals surface area contributed by atoms with Gasteiger partial charge in [0.1, 0.15) is 6.29 Å². The maximum Gasteiger partial charge on any atom is 0.123 e. The van der Waals surface area contributed by atoms with E-state index < -0.39 is 0 Å². The number of aldehydes is 1. The average molecular weight is 96.1 g/mol. The van der Waals surface area contributed by atoms with Crippen LogP contribution in [0, 0.1) is 0 Å². The lowest BCUT2D eigenvalue weighted by Gasteiger charge is -1.67. The van der Waals surface area contributed by atoms with Crippen LogP contribution in [-0.4, -0.2) is 6.29 Å². The van der Waals surface area contributed by atoms with E-state index in [2.05, 4.69) is 0 Å². The molecule has 0 saturated heterocycles. The van der Waals surface area contributed by atoms with Gasteiger partial charge in [-0.3, -0.25) is 0 Å². The van der Waals surface area contributed by atoms with Crippen LogP contribution in [-0.2, 0) is 4.79 Å². The van der Waals surface area contributed by atoms with Gasteiger partial charge in [-0.25, -0.2) is 0 Å². The normalized spacial score (nSPS) is 16.3. The molecule has 0 atom stereocenters. The molecule has 1 nitrogen and oxygen atoms in total. The first kappa shape index (κ1) is 4.57. The van der Waals surface area contributed by atoms with Gasteiger partial charge < -0.3 is 4.79 Å². The third kappa shape index (κ3) is 1.53. The van der Waals surface area contributed by atoms with E-state index in [1.54, 1.807) is 0 Å². The number of allylic oxidation sites excluding steroid dienone is 2. The van der Waals surface area contributed by atoms with Crippen LogP contribution >= 0.6 is 0 Å². The molecule has 0 heterocycles. The van der Waals surface area contributed by atoms with Gasteiger partial charge in [0.15, 0.2) is 0 Å². The van der Waals surface area contributed by atoms with E-state index in [0.717, 1.165) is 6.29 Å². The maximum absolute atomic E-state index is 9.69. The van der Waals surface area contributed by atoms with Crippen LogP contribution in [0.2, 0.25) is 0 Å². The Hall–Kier alpha value is -0.590. The second-order valence-corrected chi connectivity index (χ2v) is 1.76. The molecular weight excluding hydrogens is 88.1 g/mol. The molecule has 1 fully saturated rings. The summed E-state index contributed by atoms with van der Waals surface area (Å²) in [6, 6.07) is 0. The summed E-state index contributed by atoms with van der Waals surface area (Å²) < 4.78 is 0. The molecule has 0 aromatic heterocycles. The number of carbonyl (C=O) groups is 1. The van der Waals surface area contributed by atoms with Gasteiger partial charge in [-0.15, -0.1) is 0 Å². The largest absolute Gasteiger partial charge is 0.303 e. The van der Waals surface area contributed by atoms with E-state index in [0.29, 0.717) is 6.42 Å². The van der Waals surface area contributed by atoms with Crippen molar-refractivity contribution < 1.29 is 4.79 Å². The Labute approximate surface area is 43.0 Å². The lowest BCUT2D eigenvalue weighted by molar-refractivity contribution is -0.107. The standard InChI is InChI=1S/C6H8O/c7-5-1-2-6-3-4-6/h2,5H,1,3-4H2. The van der Waals surface area contributed by atoms with Crippen LogP contribution in [0.25, 0.3) is 0 Å². The van der Waals surface area contributed by atoms with E-state index in [9.17, 15) is 4.79 Å².